The molecule has 1 heterocycles. The smallest absolute Gasteiger partial charge is 0.0306 e. The number of likely N-dealkylation sites (tertiary alicyclic amines) is 1. The van der Waals surface area contributed by atoms with E-state index >= 15 is 0 Å². The molecule has 108 valence electrons. The van der Waals surface area contributed by atoms with Crippen molar-refractivity contribution in [2.24, 2.45) is 5.73 Å². The average molecular weight is 254 g/mol. The van der Waals surface area contributed by atoms with Gasteiger partial charge in [0.25, 0.3) is 0 Å². The predicted octanol–water partition coefficient (Wildman–Crippen LogP) is 3.94. The Morgan fingerprint density at radius 2 is 1.78 bits per heavy atom. The van der Waals surface area contributed by atoms with Crippen LogP contribution in [-0.2, 0) is 0 Å². The summed E-state index contributed by atoms with van der Waals surface area (Å²) >= 11 is 0. The first-order valence-electron chi connectivity index (χ1n) is 8.20. The third kappa shape index (κ3) is 4.24. The van der Waals surface area contributed by atoms with Gasteiger partial charge in [0.2, 0.25) is 0 Å². The van der Waals surface area contributed by atoms with E-state index < -0.39 is 0 Å². The fourth-order valence-electron chi connectivity index (χ4n) is 3.37. The van der Waals surface area contributed by atoms with E-state index in [0.717, 1.165) is 12.8 Å². The Bertz CT molecular complexity index is 211. The molecular weight excluding hydrogens is 220 g/mol. The molecule has 1 aliphatic heterocycles. The lowest BCUT2D eigenvalue weighted by Gasteiger charge is -2.46. The maximum absolute atomic E-state index is 6.65. The highest BCUT2D eigenvalue weighted by Crippen LogP contribution is 2.29. The van der Waals surface area contributed by atoms with E-state index in [1.807, 2.05) is 0 Å². The van der Waals surface area contributed by atoms with E-state index in [1.165, 1.54) is 58.0 Å². The topological polar surface area (TPSA) is 29.3 Å². The van der Waals surface area contributed by atoms with Gasteiger partial charge in [-0.25, -0.2) is 0 Å². The van der Waals surface area contributed by atoms with Gasteiger partial charge in [0.15, 0.2) is 0 Å². The second-order valence-electron chi connectivity index (χ2n) is 6.05. The summed E-state index contributed by atoms with van der Waals surface area (Å²) in [6.45, 7) is 9.34. The van der Waals surface area contributed by atoms with Gasteiger partial charge in [0.1, 0.15) is 0 Å². The maximum Gasteiger partial charge on any atom is 0.0306 e. The lowest BCUT2D eigenvalue weighted by atomic mass is 9.80. The molecule has 1 unspecified atom stereocenters. The van der Waals surface area contributed by atoms with Crippen molar-refractivity contribution in [3.05, 3.63) is 0 Å². The van der Waals surface area contributed by atoms with Gasteiger partial charge in [-0.05, 0) is 45.2 Å². The summed E-state index contributed by atoms with van der Waals surface area (Å²) in [5.41, 5.74) is 6.70. The lowest BCUT2D eigenvalue weighted by Crippen LogP contribution is -2.59. The summed E-state index contributed by atoms with van der Waals surface area (Å²) in [5.74, 6) is 0. The van der Waals surface area contributed by atoms with Crippen LogP contribution in [0.4, 0.5) is 0 Å². The minimum Gasteiger partial charge on any atom is -0.324 e. The highest BCUT2D eigenvalue weighted by Gasteiger charge is 2.36. The molecule has 1 aliphatic rings. The van der Waals surface area contributed by atoms with Crippen LogP contribution in [-0.4, -0.2) is 29.6 Å². The highest BCUT2D eigenvalue weighted by atomic mass is 15.2. The lowest BCUT2D eigenvalue weighted by molar-refractivity contribution is 0.0744. The van der Waals surface area contributed by atoms with Crippen molar-refractivity contribution in [3.8, 4) is 0 Å². The molecule has 0 aromatic rings. The summed E-state index contributed by atoms with van der Waals surface area (Å²) in [5, 5.41) is 0. The number of nitrogens with two attached hydrogens (primary N) is 1. The van der Waals surface area contributed by atoms with E-state index in [9.17, 15) is 0 Å². The van der Waals surface area contributed by atoms with Crippen LogP contribution >= 0.6 is 0 Å². The van der Waals surface area contributed by atoms with Gasteiger partial charge in [-0.15, -0.1) is 0 Å². The molecule has 0 aliphatic carbocycles. The van der Waals surface area contributed by atoms with Crippen LogP contribution in [0.2, 0.25) is 0 Å². The molecule has 0 bridgehead atoms. The first-order chi connectivity index (χ1) is 8.68. The minimum absolute atomic E-state index is 0.0468. The molecule has 0 amide bonds. The zero-order valence-corrected chi connectivity index (χ0v) is 12.9. The molecule has 2 N–H and O–H groups in total. The Morgan fingerprint density at radius 3 is 2.39 bits per heavy atom. The molecule has 18 heavy (non-hydrogen) atoms. The Hall–Kier alpha value is -0.0800. The summed E-state index contributed by atoms with van der Waals surface area (Å²) in [6.07, 6.45) is 11.7. The van der Waals surface area contributed by atoms with Gasteiger partial charge in [0.05, 0.1) is 0 Å². The fraction of sp³-hybridized carbons (Fsp3) is 1.00. The number of nitrogens with zero attached hydrogens (tertiary/aromatic N) is 1. The van der Waals surface area contributed by atoms with Crippen molar-refractivity contribution in [2.45, 2.75) is 90.1 Å². The van der Waals surface area contributed by atoms with Gasteiger partial charge in [-0.1, -0.05) is 46.5 Å². The Balaban J connectivity index is 2.51. The van der Waals surface area contributed by atoms with E-state index in [2.05, 4.69) is 25.7 Å². The zero-order chi connectivity index (χ0) is 13.4. The number of unbranched alkanes of at least 4 members (excludes halogenated alkanes) is 3. The Kier molecular flexibility index (Phi) is 7.25. The van der Waals surface area contributed by atoms with Crippen LogP contribution in [0.1, 0.15) is 78.6 Å². The molecule has 2 nitrogen and oxygen atoms in total. The van der Waals surface area contributed by atoms with Crippen molar-refractivity contribution < 1.29 is 0 Å². The molecule has 2 heteroatoms. The molecular formula is C16H34N2. The first-order valence-corrected chi connectivity index (χ1v) is 8.20. The fourth-order valence-corrected chi connectivity index (χ4v) is 3.37. The monoisotopic (exact) mass is 254 g/mol. The predicted molar refractivity (Wildman–Crippen MR) is 80.9 cm³/mol. The molecule has 0 saturated carbocycles. The zero-order valence-electron chi connectivity index (χ0n) is 12.9. The van der Waals surface area contributed by atoms with Crippen molar-refractivity contribution in [1.82, 2.24) is 4.90 Å². The number of piperidine rings is 1. The van der Waals surface area contributed by atoms with Crippen molar-refractivity contribution >= 4 is 0 Å². The van der Waals surface area contributed by atoms with Crippen molar-refractivity contribution in [3.63, 3.8) is 0 Å². The Labute approximate surface area is 114 Å². The second-order valence-corrected chi connectivity index (χ2v) is 6.05. The summed E-state index contributed by atoms with van der Waals surface area (Å²) in [7, 11) is 0. The van der Waals surface area contributed by atoms with Crippen LogP contribution in [0.15, 0.2) is 0 Å². The van der Waals surface area contributed by atoms with Gasteiger partial charge in [0, 0.05) is 11.6 Å². The Morgan fingerprint density at radius 1 is 1.06 bits per heavy atom. The van der Waals surface area contributed by atoms with Gasteiger partial charge in [-0.2, -0.15) is 0 Å². The van der Waals surface area contributed by atoms with E-state index in [4.69, 9.17) is 5.73 Å². The largest absolute Gasteiger partial charge is 0.324 e. The van der Waals surface area contributed by atoms with Gasteiger partial charge >= 0.3 is 0 Å². The van der Waals surface area contributed by atoms with Gasteiger partial charge < -0.3 is 5.73 Å². The molecule has 1 fully saturated rings. The normalized spacial score (nSPS) is 22.3. The molecule has 1 saturated heterocycles. The standard InChI is InChI=1S/C16H34N2/c1-4-7-8-10-13-18-14-11-9-12-15(18)16(17,5-2)6-3/h15H,4-14,17H2,1-3H3. The first kappa shape index (κ1) is 16.0. The second kappa shape index (κ2) is 8.16. The van der Waals surface area contributed by atoms with Crippen LogP contribution in [0.3, 0.4) is 0 Å². The summed E-state index contributed by atoms with van der Waals surface area (Å²) in [4.78, 5) is 2.70. The SMILES string of the molecule is CCCCCCN1CCCCC1C(N)(CC)CC. The summed E-state index contributed by atoms with van der Waals surface area (Å²) in [6, 6.07) is 0.628. The van der Waals surface area contributed by atoms with Gasteiger partial charge in [-0.3, -0.25) is 4.90 Å². The molecule has 1 atom stereocenters. The molecule has 0 radical (unpaired) electrons. The number of rotatable bonds is 8. The van der Waals surface area contributed by atoms with Crippen LogP contribution in [0, 0.1) is 0 Å². The van der Waals surface area contributed by atoms with Crippen molar-refractivity contribution in [2.75, 3.05) is 13.1 Å². The van der Waals surface area contributed by atoms with Crippen LogP contribution < -0.4 is 5.73 Å². The maximum atomic E-state index is 6.65. The van der Waals surface area contributed by atoms with Crippen LogP contribution in [0.5, 0.6) is 0 Å². The third-order valence-electron chi connectivity index (χ3n) is 4.89. The molecule has 1 rings (SSSR count). The third-order valence-corrected chi connectivity index (χ3v) is 4.89. The quantitative estimate of drug-likeness (QED) is 0.665. The molecule has 0 spiro atoms. The molecule has 0 aromatic heterocycles. The summed E-state index contributed by atoms with van der Waals surface area (Å²) < 4.78 is 0. The van der Waals surface area contributed by atoms with E-state index in [1.54, 1.807) is 0 Å². The number of hydrogen-bond acceptors (Lipinski definition) is 2. The van der Waals surface area contributed by atoms with Crippen LogP contribution in [0.25, 0.3) is 0 Å². The minimum atomic E-state index is 0.0468. The number of hydrogen-bond donors (Lipinski definition) is 1. The molecule has 0 aromatic carbocycles. The average Bonchev–Trinajstić information content (AvgIpc) is 2.43. The highest BCUT2D eigenvalue weighted by molar-refractivity contribution is 4.97. The van der Waals surface area contributed by atoms with E-state index in [-0.39, 0.29) is 5.54 Å². The van der Waals surface area contributed by atoms with E-state index in [0.29, 0.717) is 6.04 Å². The van der Waals surface area contributed by atoms with Crippen molar-refractivity contribution in [1.29, 1.82) is 0 Å².